The van der Waals surface area contributed by atoms with Gasteiger partial charge in [-0.05, 0) is 36.2 Å². The second kappa shape index (κ2) is 7.09. The molecule has 0 spiro atoms. The first kappa shape index (κ1) is 13.8. The maximum Gasteiger partial charge on any atom is 0.288 e. The van der Waals surface area contributed by atoms with Crippen molar-refractivity contribution in [2.75, 3.05) is 11.9 Å². The number of hydrogen-bond acceptors (Lipinski definition) is 3. The number of alkyl halides is 2. The molecular weight excluding hydrogens is 266 g/mol. The second-order valence-electron chi connectivity index (χ2n) is 3.91. The van der Waals surface area contributed by atoms with E-state index >= 15 is 0 Å². The summed E-state index contributed by atoms with van der Waals surface area (Å²) in [5, 5.41) is 3.19. The SMILES string of the molecule is FC(F)Sc1ccccc1NCCc1ccncc1. The molecule has 0 fully saturated rings. The van der Waals surface area contributed by atoms with E-state index in [-0.39, 0.29) is 0 Å². The zero-order valence-electron chi connectivity index (χ0n) is 10.2. The van der Waals surface area contributed by atoms with Crippen LogP contribution in [0.25, 0.3) is 0 Å². The first-order valence-electron chi connectivity index (χ1n) is 5.92. The van der Waals surface area contributed by atoms with E-state index in [9.17, 15) is 8.78 Å². The smallest absolute Gasteiger partial charge is 0.288 e. The number of benzene rings is 1. The Morgan fingerprint density at radius 3 is 2.58 bits per heavy atom. The van der Waals surface area contributed by atoms with Gasteiger partial charge in [-0.15, -0.1) is 0 Å². The van der Waals surface area contributed by atoms with Crippen LogP contribution < -0.4 is 5.32 Å². The number of rotatable bonds is 6. The zero-order valence-corrected chi connectivity index (χ0v) is 11.0. The minimum absolute atomic E-state index is 0.565. The van der Waals surface area contributed by atoms with Crippen LogP contribution in [0.15, 0.2) is 53.7 Å². The summed E-state index contributed by atoms with van der Waals surface area (Å²) in [4.78, 5) is 4.53. The van der Waals surface area contributed by atoms with Crippen molar-refractivity contribution < 1.29 is 8.78 Å². The fourth-order valence-electron chi connectivity index (χ4n) is 1.70. The predicted molar refractivity (Wildman–Crippen MR) is 74.7 cm³/mol. The molecule has 0 amide bonds. The van der Waals surface area contributed by atoms with Gasteiger partial charge in [0.1, 0.15) is 0 Å². The number of nitrogens with zero attached hydrogens (tertiary/aromatic N) is 1. The van der Waals surface area contributed by atoms with E-state index in [2.05, 4.69) is 10.3 Å². The van der Waals surface area contributed by atoms with Crippen molar-refractivity contribution in [3.8, 4) is 0 Å². The topological polar surface area (TPSA) is 24.9 Å². The van der Waals surface area contributed by atoms with E-state index in [0.29, 0.717) is 23.2 Å². The molecule has 1 N–H and O–H groups in total. The van der Waals surface area contributed by atoms with Gasteiger partial charge in [0.15, 0.2) is 0 Å². The maximum atomic E-state index is 12.4. The molecule has 0 aliphatic rings. The molecule has 2 rings (SSSR count). The molecule has 0 bridgehead atoms. The summed E-state index contributed by atoms with van der Waals surface area (Å²) in [7, 11) is 0. The molecule has 0 unspecified atom stereocenters. The standard InChI is InChI=1S/C14H14F2N2S/c15-14(16)19-13-4-2-1-3-12(13)18-10-7-11-5-8-17-9-6-11/h1-6,8-9,14,18H,7,10H2. The largest absolute Gasteiger partial charge is 0.384 e. The number of pyridine rings is 1. The van der Waals surface area contributed by atoms with E-state index in [0.717, 1.165) is 12.1 Å². The summed E-state index contributed by atoms with van der Waals surface area (Å²) in [5.74, 6) is -2.40. The first-order chi connectivity index (χ1) is 9.25. The Morgan fingerprint density at radius 1 is 1.11 bits per heavy atom. The van der Waals surface area contributed by atoms with Gasteiger partial charge in [-0.1, -0.05) is 23.9 Å². The van der Waals surface area contributed by atoms with Crippen LogP contribution in [0.3, 0.4) is 0 Å². The fourth-order valence-corrected chi connectivity index (χ4v) is 2.32. The molecule has 0 aliphatic heterocycles. The van der Waals surface area contributed by atoms with E-state index in [1.165, 1.54) is 5.56 Å². The highest BCUT2D eigenvalue weighted by Gasteiger charge is 2.08. The molecule has 2 nitrogen and oxygen atoms in total. The Balaban J connectivity index is 1.92. The molecule has 0 aliphatic carbocycles. The summed E-state index contributed by atoms with van der Waals surface area (Å²) in [6.07, 6.45) is 4.32. The molecule has 0 radical (unpaired) electrons. The van der Waals surface area contributed by atoms with Crippen LogP contribution in [-0.4, -0.2) is 17.3 Å². The van der Waals surface area contributed by atoms with E-state index in [4.69, 9.17) is 0 Å². The molecule has 0 saturated carbocycles. The zero-order chi connectivity index (χ0) is 13.5. The van der Waals surface area contributed by atoms with E-state index in [1.54, 1.807) is 24.5 Å². The number of thioether (sulfide) groups is 1. The van der Waals surface area contributed by atoms with Gasteiger partial charge in [-0.25, -0.2) is 0 Å². The van der Waals surface area contributed by atoms with Crippen LogP contribution in [0.1, 0.15) is 5.56 Å². The van der Waals surface area contributed by atoms with Crippen molar-refractivity contribution in [3.63, 3.8) is 0 Å². The second-order valence-corrected chi connectivity index (χ2v) is 4.94. The summed E-state index contributed by atoms with van der Waals surface area (Å²) < 4.78 is 24.8. The average molecular weight is 280 g/mol. The van der Waals surface area contributed by atoms with Crippen LogP contribution in [0.2, 0.25) is 0 Å². The summed E-state index contributed by atoms with van der Waals surface area (Å²) in [6.45, 7) is 0.699. The van der Waals surface area contributed by atoms with Crippen LogP contribution >= 0.6 is 11.8 Å². The van der Waals surface area contributed by atoms with Crippen molar-refractivity contribution in [3.05, 3.63) is 54.4 Å². The summed E-state index contributed by atoms with van der Waals surface area (Å²) in [5.41, 5.74) is 1.92. The van der Waals surface area contributed by atoms with Gasteiger partial charge in [0.2, 0.25) is 0 Å². The number of aromatic nitrogens is 1. The van der Waals surface area contributed by atoms with Gasteiger partial charge in [0, 0.05) is 29.5 Å². The molecule has 0 atom stereocenters. The number of para-hydroxylation sites is 1. The van der Waals surface area contributed by atoms with Gasteiger partial charge >= 0.3 is 0 Å². The number of hydrogen-bond donors (Lipinski definition) is 1. The van der Waals surface area contributed by atoms with E-state index in [1.807, 2.05) is 24.3 Å². The lowest BCUT2D eigenvalue weighted by Crippen LogP contribution is -2.06. The van der Waals surface area contributed by atoms with Crippen LogP contribution in [0, 0.1) is 0 Å². The molecule has 5 heteroatoms. The predicted octanol–water partition coefficient (Wildman–Crippen LogP) is 4.05. The molecule has 1 heterocycles. The molecule has 0 saturated heterocycles. The van der Waals surface area contributed by atoms with Gasteiger partial charge in [-0.2, -0.15) is 8.78 Å². The van der Waals surface area contributed by atoms with Crippen LogP contribution in [0.4, 0.5) is 14.5 Å². The lowest BCUT2D eigenvalue weighted by molar-refractivity contribution is 0.252. The highest BCUT2D eigenvalue weighted by molar-refractivity contribution is 7.99. The van der Waals surface area contributed by atoms with Crippen molar-refractivity contribution >= 4 is 17.4 Å². The summed E-state index contributed by atoms with van der Waals surface area (Å²) in [6, 6.07) is 11.0. The molecule has 1 aromatic carbocycles. The van der Waals surface area contributed by atoms with Crippen molar-refractivity contribution in [1.29, 1.82) is 0 Å². The van der Waals surface area contributed by atoms with Crippen molar-refractivity contribution in [2.24, 2.45) is 0 Å². The Kier molecular flexibility index (Phi) is 5.15. The highest BCUT2D eigenvalue weighted by atomic mass is 32.2. The monoisotopic (exact) mass is 280 g/mol. The first-order valence-corrected chi connectivity index (χ1v) is 6.80. The van der Waals surface area contributed by atoms with E-state index < -0.39 is 5.76 Å². The Bertz CT molecular complexity index is 506. The Hall–Kier alpha value is -1.62. The van der Waals surface area contributed by atoms with Gasteiger partial charge in [0.25, 0.3) is 5.76 Å². The third-order valence-corrected chi connectivity index (χ3v) is 3.37. The fraction of sp³-hybridized carbons (Fsp3) is 0.214. The van der Waals surface area contributed by atoms with Crippen LogP contribution in [-0.2, 0) is 6.42 Å². The molecule has 1 aromatic heterocycles. The lowest BCUT2D eigenvalue weighted by atomic mass is 10.2. The van der Waals surface area contributed by atoms with Gasteiger partial charge < -0.3 is 5.32 Å². The Morgan fingerprint density at radius 2 is 1.84 bits per heavy atom. The molecule has 100 valence electrons. The highest BCUT2D eigenvalue weighted by Crippen LogP contribution is 2.31. The third kappa shape index (κ3) is 4.52. The maximum absolute atomic E-state index is 12.4. The molecule has 2 aromatic rings. The third-order valence-electron chi connectivity index (χ3n) is 2.58. The quantitative estimate of drug-likeness (QED) is 0.808. The summed E-state index contributed by atoms with van der Waals surface area (Å²) >= 11 is 0.565. The van der Waals surface area contributed by atoms with Gasteiger partial charge in [-0.3, -0.25) is 4.98 Å². The molecule has 19 heavy (non-hydrogen) atoms. The molecular formula is C14H14F2N2S. The normalized spacial score (nSPS) is 10.7. The average Bonchev–Trinajstić information content (AvgIpc) is 2.41. The number of anilines is 1. The van der Waals surface area contributed by atoms with Crippen molar-refractivity contribution in [1.82, 2.24) is 4.98 Å². The minimum Gasteiger partial charge on any atom is -0.384 e. The lowest BCUT2D eigenvalue weighted by Gasteiger charge is -2.11. The Labute approximate surface area is 115 Å². The van der Waals surface area contributed by atoms with Gasteiger partial charge in [0.05, 0.1) is 0 Å². The number of halogens is 2. The minimum atomic E-state index is -2.40. The van der Waals surface area contributed by atoms with Crippen molar-refractivity contribution in [2.45, 2.75) is 17.1 Å². The van der Waals surface area contributed by atoms with Crippen LogP contribution in [0.5, 0.6) is 0 Å². The number of nitrogens with one attached hydrogen (secondary N) is 1.